The molecule has 1 aliphatic rings. The fraction of sp³-hybridized carbons (Fsp3) is 0.174. The number of aliphatic carboxylic acids is 1. The normalized spacial score (nSPS) is 12.6. The number of ether oxygens (including phenoxy) is 1. The number of carboxylic acid groups (broad SMARTS) is 1. The highest BCUT2D eigenvalue weighted by atomic mass is 16.5. The maximum atomic E-state index is 12.2. The summed E-state index contributed by atoms with van der Waals surface area (Å²) in [5.41, 5.74) is 6.40. The maximum Gasteiger partial charge on any atom is 0.408 e. The molecule has 1 heterocycles. The van der Waals surface area contributed by atoms with Crippen molar-refractivity contribution in [1.82, 2.24) is 10.3 Å². The number of fused-ring (bicyclic) bond motifs is 3. The van der Waals surface area contributed by atoms with Crippen molar-refractivity contribution >= 4 is 12.1 Å². The second-order valence-corrected chi connectivity index (χ2v) is 6.95. The quantitative estimate of drug-likeness (QED) is 0.527. The molecule has 2 aromatic carbocycles. The fourth-order valence-electron chi connectivity index (χ4n) is 3.64. The van der Waals surface area contributed by atoms with E-state index in [0.717, 1.165) is 28.7 Å². The highest BCUT2D eigenvalue weighted by Gasteiger charge is 2.23. The van der Waals surface area contributed by atoms with Crippen LogP contribution in [-0.2, 0) is 29.0 Å². The molecule has 2 N–H and O–H groups in total. The van der Waals surface area contributed by atoms with Crippen LogP contribution >= 0.6 is 0 Å². The summed E-state index contributed by atoms with van der Waals surface area (Å²) in [5, 5.41) is 11.8. The van der Waals surface area contributed by atoms with Gasteiger partial charge in [0.15, 0.2) is 0 Å². The van der Waals surface area contributed by atoms with E-state index in [1.807, 2.05) is 24.3 Å². The molecule has 3 aromatic rings. The van der Waals surface area contributed by atoms with Gasteiger partial charge in [-0.3, -0.25) is 4.98 Å². The fourth-order valence-corrected chi connectivity index (χ4v) is 3.64. The minimum Gasteiger partial charge on any atom is -0.480 e. The SMILES string of the molecule is O=C(N[C@H](Cc1cccnc1)C(=O)O)OCc1cccc2c1Cc1ccccc1-2. The number of hydrogen-bond donors (Lipinski definition) is 2. The van der Waals surface area contributed by atoms with Crippen LogP contribution in [0.4, 0.5) is 4.79 Å². The third-order valence-electron chi connectivity index (χ3n) is 5.06. The number of carbonyl (C=O) groups excluding carboxylic acids is 1. The second kappa shape index (κ2) is 8.14. The Balaban J connectivity index is 1.41. The lowest BCUT2D eigenvalue weighted by molar-refractivity contribution is -0.139. The predicted octanol–water partition coefficient (Wildman–Crippen LogP) is 3.57. The lowest BCUT2D eigenvalue weighted by Crippen LogP contribution is -2.42. The van der Waals surface area contributed by atoms with E-state index < -0.39 is 18.1 Å². The van der Waals surface area contributed by atoms with Crippen LogP contribution in [0.25, 0.3) is 11.1 Å². The standard InChI is InChI=1S/C23H20N2O4/c26-22(27)21(11-15-5-4-10-24-13-15)25-23(28)29-14-17-7-3-9-19-18-8-2-1-6-16(18)12-20(17)19/h1-10,13,21H,11-12,14H2,(H,25,28)(H,26,27)/t21-/m1/s1. The number of hydrogen-bond acceptors (Lipinski definition) is 4. The van der Waals surface area contributed by atoms with Crippen molar-refractivity contribution in [3.63, 3.8) is 0 Å². The molecule has 6 nitrogen and oxygen atoms in total. The van der Waals surface area contributed by atoms with Crippen molar-refractivity contribution in [2.45, 2.75) is 25.5 Å². The average molecular weight is 388 g/mol. The Morgan fingerprint density at radius 2 is 1.90 bits per heavy atom. The summed E-state index contributed by atoms with van der Waals surface area (Å²) in [7, 11) is 0. The lowest BCUT2D eigenvalue weighted by atomic mass is 10.0. The summed E-state index contributed by atoms with van der Waals surface area (Å²) in [4.78, 5) is 27.7. The van der Waals surface area contributed by atoms with Gasteiger partial charge in [-0.1, -0.05) is 48.5 Å². The molecule has 0 spiro atoms. The molecule has 0 saturated carbocycles. The molecule has 1 amide bonds. The highest BCUT2D eigenvalue weighted by Crippen LogP contribution is 2.38. The van der Waals surface area contributed by atoms with Crippen LogP contribution in [-0.4, -0.2) is 28.2 Å². The van der Waals surface area contributed by atoms with Crippen LogP contribution in [0.1, 0.15) is 22.3 Å². The summed E-state index contributed by atoms with van der Waals surface area (Å²) in [6, 6.07) is 16.6. The van der Waals surface area contributed by atoms with Crippen molar-refractivity contribution in [3.8, 4) is 11.1 Å². The summed E-state index contributed by atoms with van der Waals surface area (Å²) in [6.07, 6.45) is 3.36. The molecule has 1 aliphatic carbocycles. The van der Waals surface area contributed by atoms with Crippen molar-refractivity contribution < 1.29 is 19.4 Å². The van der Waals surface area contributed by atoms with Crippen LogP contribution in [0.5, 0.6) is 0 Å². The van der Waals surface area contributed by atoms with E-state index in [1.54, 1.807) is 24.5 Å². The first-order chi connectivity index (χ1) is 14.1. The number of alkyl carbamates (subject to hydrolysis) is 1. The predicted molar refractivity (Wildman–Crippen MR) is 107 cm³/mol. The van der Waals surface area contributed by atoms with Crippen LogP contribution in [0.15, 0.2) is 67.0 Å². The van der Waals surface area contributed by atoms with Crippen molar-refractivity contribution in [1.29, 1.82) is 0 Å². The number of carboxylic acids is 1. The molecule has 4 rings (SSSR count). The van der Waals surface area contributed by atoms with Crippen LogP contribution in [0, 0.1) is 0 Å². The lowest BCUT2D eigenvalue weighted by Gasteiger charge is -2.15. The first-order valence-corrected chi connectivity index (χ1v) is 9.36. The third-order valence-corrected chi connectivity index (χ3v) is 5.06. The Labute approximate surface area is 168 Å². The number of rotatable bonds is 6. The van der Waals surface area contributed by atoms with Gasteiger partial charge in [0.05, 0.1) is 0 Å². The van der Waals surface area contributed by atoms with Crippen molar-refractivity contribution in [3.05, 3.63) is 89.2 Å². The Kier molecular flexibility index (Phi) is 5.24. The van der Waals surface area contributed by atoms with E-state index in [4.69, 9.17) is 4.74 Å². The Hall–Kier alpha value is -3.67. The Morgan fingerprint density at radius 3 is 2.69 bits per heavy atom. The van der Waals surface area contributed by atoms with E-state index in [9.17, 15) is 14.7 Å². The molecule has 0 unspecified atom stereocenters. The van der Waals surface area contributed by atoms with Crippen LogP contribution in [0.3, 0.4) is 0 Å². The number of aromatic nitrogens is 1. The molecule has 0 radical (unpaired) electrons. The Bertz CT molecular complexity index is 1050. The van der Waals surface area contributed by atoms with E-state index >= 15 is 0 Å². The number of nitrogens with one attached hydrogen (secondary N) is 1. The first kappa shape index (κ1) is 18.7. The van der Waals surface area contributed by atoms with Crippen molar-refractivity contribution in [2.24, 2.45) is 0 Å². The molecule has 6 heteroatoms. The molecule has 0 bridgehead atoms. The minimum atomic E-state index is -1.12. The van der Waals surface area contributed by atoms with E-state index in [-0.39, 0.29) is 13.0 Å². The molecule has 29 heavy (non-hydrogen) atoms. The van der Waals surface area contributed by atoms with Crippen LogP contribution in [0.2, 0.25) is 0 Å². The third kappa shape index (κ3) is 4.11. The number of amides is 1. The smallest absolute Gasteiger partial charge is 0.408 e. The topological polar surface area (TPSA) is 88.5 Å². The largest absolute Gasteiger partial charge is 0.480 e. The summed E-state index contributed by atoms with van der Waals surface area (Å²) >= 11 is 0. The van der Waals surface area contributed by atoms with Gasteiger partial charge in [-0.15, -0.1) is 0 Å². The first-order valence-electron chi connectivity index (χ1n) is 9.36. The zero-order valence-corrected chi connectivity index (χ0v) is 15.7. The van der Waals surface area contributed by atoms with Crippen LogP contribution < -0.4 is 5.32 Å². The van der Waals surface area contributed by atoms with Gasteiger partial charge in [0.1, 0.15) is 12.6 Å². The maximum absolute atomic E-state index is 12.2. The zero-order chi connectivity index (χ0) is 20.2. The van der Waals surface area contributed by atoms with E-state index in [2.05, 4.69) is 28.5 Å². The average Bonchev–Trinajstić information content (AvgIpc) is 3.12. The molecular weight excluding hydrogens is 368 g/mol. The number of pyridine rings is 1. The molecule has 0 saturated heterocycles. The number of carbonyl (C=O) groups is 2. The summed E-state index contributed by atoms with van der Waals surface area (Å²) in [6.45, 7) is 0.0855. The summed E-state index contributed by atoms with van der Waals surface area (Å²) in [5.74, 6) is -1.12. The molecule has 1 aromatic heterocycles. The van der Waals surface area contributed by atoms with Gasteiger partial charge in [0.25, 0.3) is 0 Å². The Morgan fingerprint density at radius 1 is 1.07 bits per heavy atom. The molecule has 146 valence electrons. The van der Waals surface area contributed by atoms with Gasteiger partial charge in [-0.05, 0) is 45.9 Å². The minimum absolute atomic E-state index is 0.0855. The van der Waals surface area contributed by atoms with Gasteiger partial charge in [-0.25, -0.2) is 9.59 Å². The van der Waals surface area contributed by atoms with Gasteiger partial charge >= 0.3 is 12.1 Å². The number of benzene rings is 2. The molecule has 0 aliphatic heterocycles. The van der Waals surface area contributed by atoms with E-state index in [0.29, 0.717) is 0 Å². The monoisotopic (exact) mass is 388 g/mol. The molecule has 1 atom stereocenters. The zero-order valence-electron chi connectivity index (χ0n) is 15.7. The number of nitrogens with zero attached hydrogens (tertiary/aromatic N) is 1. The summed E-state index contributed by atoms with van der Waals surface area (Å²) < 4.78 is 5.34. The molecule has 0 fully saturated rings. The van der Waals surface area contributed by atoms with E-state index in [1.165, 1.54) is 11.1 Å². The van der Waals surface area contributed by atoms with Gasteiger partial charge in [0, 0.05) is 18.8 Å². The van der Waals surface area contributed by atoms with Gasteiger partial charge in [-0.2, -0.15) is 0 Å². The van der Waals surface area contributed by atoms with Gasteiger partial charge < -0.3 is 15.2 Å². The molecular formula is C23H20N2O4. The highest BCUT2D eigenvalue weighted by molar-refractivity contribution is 5.80. The second-order valence-electron chi connectivity index (χ2n) is 6.95. The van der Waals surface area contributed by atoms with Crippen molar-refractivity contribution in [2.75, 3.05) is 0 Å². The van der Waals surface area contributed by atoms with Gasteiger partial charge in [0.2, 0.25) is 0 Å².